The van der Waals surface area contributed by atoms with Crippen molar-refractivity contribution >= 4 is 11.7 Å². The van der Waals surface area contributed by atoms with E-state index in [1.807, 2.05) is 25.1 Å². The van der Waals surface area contributed by atoms with Gasteiger partial charge in [-0.1, -0.05) is 30.3 Å². The van der Waals surface area contributed by atoms with E-state index in [2.05, 4.69) is 22.8 Å². The first-order valence-corrected chi connectivity index (χ1v) is 7.95. The van der Waals surface area contributed by atoms with Crippen LogP contribution in [0.2, 0.25) is 0 Å². The molecule has 2 rings (SSSR count). The van der Waals surface area contributed by atoms with Crippen molar-refractivity contribution in [3.8, 4) is 11.5 Å². The fraction of sp³-hybridized carbons (Fsp3) is 0.316. The minimum Gasteiger partial charge on any atom is -0.497 e. The summed E-state index contributed by atoms with van der Waals surface area (Å²) in [5.41, 5.74) is 1.89. The SMILES string of the molecule is COc1cc(NC(=O)NC(C)CCc2ccccc2)cc(OC)c1. The number of hydrogen-bond acceptors (Lipinski definition) is 3. The van der Waals surface area contributed by atoms with E-state index in [4.69, 9.17) is 9.47 Å². The maximum absolute atomic E-state index is 12.1. The van der Waals surface area contributed by atoms with E-state index in [1.165, 1.54) is 5.56 Å². The molecule has 0 bridgehead atoms. The molecule has 0 aromatic heterocycles. The second-order valence-corrected chi connectivity index (χ2v) is 5.63. The third-order valence-corrected chi connectivity index (χ3v) is 3.70. The lowest BCUT2D eigenvalue weighted by Crippen LogP contribution is -2.36. The van der Waals surface area contributed by atoms with Gasteiger partial charge in [-0.25, -0.2) is 4.79 Å². The van der Waals surface area contributed by atoms with Gasteiger partial charge in [-0.15, -0.1) is 0 Å². The van der Waals surface area contributed by atoms with Crippen LogP contribution in [0, 0.1) is 0 Å². The summed E-state index contributed by atoms with van der Waals surface area (Å²) >= 11 is 0. The van der Waals surface area contributed by atoms with Gasteiger partial charge < -0.3 is 20.1 Å². The molecule has 2 aromatic carbocycles. The summed E-state index contributed by atoms with van der Waals surface area (Å²) in [6, 6.07) is 15.3. The third-order valence-electron chi connectivity index (χ3n) is 3.70. The standard InChI is InChI=1S/C19H24N2O3/c1-14(9-10-15-7-5-4-6-8-15)20-19(22)21-16-11-17(23-2)13-18(12-16)24-3/h4-8,11-14H,9-10H2,1-3H3,(H2,20,21,22). The van der Waals surface area contributed by atoms with Gasteiger partial charge in [0.05, 0.1) is 14.2 Å². The molecule has 0 spiro atoms. The lowest BCUT2D eigenvalue weighted by molar-refractivity contribution is 0.248. The van der Waals surface area contributed by atoms with Crippen LogP contribution in [0.25, 0.3) is 0 Å². The Morgan fingerprint density at radius 2 is 1.67 bits per heavy atom. The van der Waals surface area contributed by atoms with E-state index >= 15 is 0 Å². The maximum atomic E-state index is 12.1. The average molecular weight is 328 g/mol. The topological polar surface area (TPSA) is 59.6 Å². The number of ether oxygens (including phenoxy) is 2. The van der Waals surface area contributed by atoms with Crippen molar-refractivity contribution in [3.63, 3.8) is 0 Å². The zero-order valence-corrected chi connectivity index (χ0v) is 14.3. The van der Waals surface area contributed by atoms with Crippen LogP contribution in [-0.2, 0) is 6.42 Å². The molecular formula is C19H24N2O3. The number of carbonyl (C=O) groups is 1. The molecule has 0 saturated heterocycles. The number of amides is 2. The van der Waals surface area contributed by atoms with Crippen LogP contribution in [0.1, 0.15) is 18.9 Å². The molecule has 2 aromatic rings. The molecular weight excluding hydrogens is 304 g/mol. The second kappa shape index (κ2) is 8.82. The van der Waals surface area contributed by atoms with Crippen molar-refractivity contribution in [1.29, 1.82) is 0 Å². The Morgan fingerprint density at radius 1 is 1.04 bits per heavy atom. The van der Waals surface area contributed by atoms with Crippen LogP contribution in [-0.4, -0.2) is 26.3 Å². The second-order valence-electron chi connectivity index (χ2n) is 5.63. The first-order chi connectivity index (χ1) is 11.6. The Bertz CT molecular complexity index is 637. The number of aryl methyl sites for hydroxylation is 1. The minimum atomic E-state index is -0.245. The normalized spacial score (nSPS) is 11.5. The Morgan fingerprint density at radius 3 is 2.25 bits per heavy atom. The zero-order chi connectivity index (χ0) is 17.4. The number of urea groups is 1. The van der Waals surface area contributed by atoms with Gasteiger partial charge in [0.1, 0.15) is 11.5 Å². The number of benzene rings is 2. The van der Waals surface area contributed by atoms with Gasteiger partial charge in [-0.3, -0.25) is 0 Å². The molecule has 5 heteroatoms. The quantitative estimate of drug-likeness (QED) is 0.812. The van der Waals surface area contributed by atoms with Gasteiger partial charge in [0, 0.05) is 29.9 Å². The van der Waals surface area contributed by atoms with E-state index in [-0.39, 0.29) is 12.1 Å². The predicted molar refractivity (Wildman–Crippen MR) is 95.9 cm³/mol. The van der Waals surface area contributed by atoms with Gasteiger partial charge in [0.15, 0.2) is 0 Å². The Labute approximate surface area is 143 Å². The van der Waals surface area contributed by atoms with Crippen molar-refractivity contribution in [3.05, 3.63) is 54.1 Å². The first kappa shape index (κ1) is 17.7. The summed E-state index contributed by atoms with van der Waals surface area (Å²) in [7, 11) is 3.15. The number of hydrogen-bond donors (Lipinski definition) is 2. The number of nitrogens with one attached hydrogen (secondary N) is 2. The van der Waals surface area contributed by atoms with Crippen molar-refractivity contribution in [2.45, 2.75) is 25.8 Å². The third kappa shape index (κ3) is 5.50. The summed E-state index contributed by atoms with van der Waals surface area (Å²) in [4.78, 5) is 12.1. The minimum absolute atomic E-state index is 0.0673. The lowest BCUT2D eigenvalue weighted by atomic mass is 10.1. The van der Waals surface area contributed by atoms with E-state index in [9.17, 15) is 4.79 Å². The Kier molecular flexibility index (Phi) is 6.49. The summed E-state index contributed by atoms with van der Waals surface area (Å²) in [6.07, 6.45) is 1.80. The summed E-state index contributed by atoms with van der Waals surface area (Å²) in [5, 5.41) is 5.75. The van der Waals surface area contributed by atoms with Crippen LogP contribution >= 0.6 is 0 Å². The maximum Gasteiger partial charge on any atom is 0.319 e. The highest BCUT2D eigenvalue weighted by molar-refractivity contribution is 5.89. The van der Waals surface area contributed by atoms with Gasteiger partial charge in [0.2, 0.25) is 0 Å². The van der Waals surface area contributed by atoms with Crippen LogP contribution in [0.5, 0.6) is 11.5 Å². The highest BCUT2D eigenvalue weighted by Crippen LogP contribution is 2.25. The van der Waals surface area contributed by atoms with E-state index in [1.54, 1.807) is 32.4 Å². The summed E-state index contributed by atoms with van der Waals surface area (Å²) in [6.45, 7) is 1.99. The predicted octanol–water partition coefficient (Wildman–Crippen LogP) is 3.85. The number of rotatable bonds is 7. The summed E-state index contributed by atoms with van der Waals surface area (Å²) < 4.78 is 10.4. The van der Waals surface area contributed by atoms with E-state index < -0.39 is 0 Å². The summed E-state index contributed by atoms with van der Waals surface area (Å²) in [5.74, 6) is 1.25. The molecule has 1 atom stereocenters. The lowest BCUT2D eigenvalue weighted by Gasteiger charge is -2.15. The molecule has 2 N–H and O–H groups in total. The average Bonchev–Trinajstić information content (AvgIpc) is 2.60. The van der Waals surface area contributed by atoms with Crippen molar-refractivity contribution < 1.29 is 14.3 Å². The number of anilines is 1. The number of carbonyl (C=O) groups excluding carboxylic acids is 1. The molecule has 1 unspecified atom stereocenters. The van der Waals surface area contributed by atoms with Crippen molar-refractivity contribution in [1.82, 2.24) is 5.32 Å². The molecule has 0 saturated carbocycles. The molecule has 128 valence electrons. The monoisotopic (exact) mass is 328 g/mol. The molecule has 0 aliphatic carbocycles. The highest BCUT2D eigenvalue weighted by atomic mass is 16.5. The smallest absolute Gasteiger partial charge is 0.319 e. The molecule has 0 radical (unpaired) electrons. The Balaban J connectivity index is 1.86. The number of methoxy groups -OCH3 is 2. The molecule has 0 aliphatic rings. The molecule has 5 nitrogen and oxygen atoms in total. The van der Waals surface area contributed by atoms with Crippen molar-refractivity contribution in [2.24, 2.45) is 0 Å². The molecule has 0 fully saturated rings. The van der Waals surface area contributed by atoms with Gasteiger partial charge in [-0.05, 0) is 25.3 Å². The molecule has 2 amide bonds. The Hall–Kier alpha value is -2.69. The van der Waals surface area contributed by atoms with E-state index in [0.29, 0.717) is 17.2 Å². The van der Waals surface area contributed by atoms with Gasteiger partial charge in [0.25, 0.3) is 0 Å². The van der Waals surface area contributed by atoms with E-state index in [0.717, 1.165) is 12.8 Å². The fourth-order valence-electron chi connectivity index (χ4n) is 2.37. The largest absolute Gasteiger partial charge is 0.497 e. The molecule has 0 aliphatic heterocycles. The first-order valence-electron chi connectivity index (χ1n) is 7.95. The van der Waals surface area contributed by atoms with Crippen LogP contribution in [0.15, 0.2) is 48.5 Å². The van der Waals surface area contributed by atoms with Crippen LogP contribution in [0.4, 0.5) is 10.5 Å². The molecule has 24 heavy (non-hydrogen) atoms. The van der Waals surface area contributed by atoms with Crippen LogP contribution in [0.3, 0.4) is 0 Å². The highest BCUT2D eigenvalue weighted by Gasteiger charge is 2.09. The van der Waals surface area contributed by atoms with Crippen molar-refractivity contribution in [2.75, 3.05) is 19.5 Å². The van der Waals surface area contributed by atoms with Gasteiger partial charge >= 0.3 is 6.03 Å². The van der Waals surface area contributed by atoms with Crippen LogP contribution < -0.4 is 20.1 Å². The molecule has 0 heterocycles. The van der Waals surface area contributed by atoms with Gasteiger partial charge in [-0.2, -0.15) is 0 Å². The zero-order valence-electron chi connectivity index (χ0n) is 14.3. The fourth-order valence-corrected chi connectivity index (χ4v) is 2.37.